The van der Waals surface area contributed by atoms with E-state index in [1.807, 2.05) is 0 Å². The van der Waals surface area contributed by atoms with E-state index < -0.39 is 39.3 Å². The maximum absolute atomic E-state index is 12.1. The first-order valence-electron chi connectivity index (χ1n) is 7.42. The van der Waals surface area contributed by atoms with E-state index in [1.165, 1.54) is 0 Å². The molecule has 8 nitrogen and oxygen atoms in total. The Hall–Kier alpha value is -1.35. The molecular weight excluding hydrogens is 326 g/mol. The van der Waals surface area contributed by atoms with Gasteiger partial charge in [0.05, 0.1) is 18.3 Å². The van der Waals surface area contributed by atoms with Crippen molar-refractivity contribution in [3.8, 4) is 0 Å². The summed E-state index contributed by atoms with van der Waals surface area (Å²) in [7, 11) is -3.80. The number of hydrogen-bond donors (Lipinski definition) is 1. The van der Waals surface area contributed by atoms with Gasteiger partial charge >= 0.3 is 12.1 Å². The van der Waals surface area contributed by atoms with Crippen LogP contribution in [0, 0.1) is 5.41 Å². The number of carbonyl (C=O) groups is 2. The zero-order valence-corrected chi connectivity index (χ0v) is 15.0. The minimum Gasteiger partial charge on any atom is -0.465 e. The number of nitrogens with one attached hydrogen (secondary N) is 1. The standard InChI is InChI=1S/C14H25NO7S/c1-6-20-11(16)14(7-8-14)10(22-23(5,18)19)9-15-12(17)21-13(2,3)4/h10H,6-9H2,1-5H3,(H,15,17)/t10-/m1/s1. The first kappa shape index (κ1) is 19.7. The van der Waals surface area contributed by atoms with Gasteiger partial charge in [-0.05, 0) is 40.5 Å². The lowest BCUT2D eigenvalue weighted by Crippen LogP contribution is -2.45. The van der Waals surface area contributed by atoms with Gasteiger partial charge in [0, 0.05) is 6.54 Å². The highest BCUT2D eigenvalue weighted by atomic mass is 32.2. The molecule has 1 N–H and O–H groups in total. The fourth-order valence-electron chi connectivity index (χ4n) is 2.09. The summed E-state index contributed by atoms with van der Waals surface area (Å²) >= 11 is 0. The van der Waals surface area contributed by atoms with Gasteiger partial charge in [-0.3, -0.25) is 8.98 Å². The van der Waals surface area contributed by atoms with Gasteiger partial charge in [-0.15, -0.1) is 0 Å². The van der Waals surface area contributed by atoms with Crippen LogP contribution in [0.3, 0.4) is 0 Å². The van der Waals surface area contributed by atoms with E-state index in [9.17, 15) is 18.0 Å². The van der Waals surface area contributed by atoms with E-state index in [-0.39, 0.29) is 13.2 Å². The minimum absolute atomic E-state index is 0.166. The quantitative estimate of drug-likeness (QED) is 0.542. The van der Waals surface area contributed by atoms with E-state index in [0.29, 0.717) is 12.8 Å². The number of alkyl carbamates (subject to hydrolysis) is 1. The number of hydrogen-bond acceptors (Lipinski definition) is 7. The second kappa shape index (κ2) is 7.04. The molecule has 134 valence electrons. The molecule has 1 saturated carbocycles. The summed E-state index contributed by atoms with van der Waals surface area (Å²) in [5.74, 6) is -0.514. The van der Waals surface area contributed by atoms with Crippen molar-refractivity contribution in [3.05, 3.63) is 0 Å². The molecule has 0 saturated heterocycles. The van der Waals surface area contributed by atoms with E-state index in [4.69, 9.17) is 13.7 Å². The van der Waals surface area contributed by atoms with Gasteiger partial charge in [-0.25, -0.2) is 4.79 Å². The highest BCUT2D eigenvalue weighted by Crippen LogP contribution is 2.51. The molecule has 0 spiro atoms. The summed E-state index contributed by atoms with van der Waals surface area (Å²) in [4.78, 5) is 23.8. The Morgan fingerprint density at radius 1 is 1.26 bits per heavy atom. The third-order valence-corrected chi connectivity index (χ3v) is 3.79. The van der Waals surface area contributed by atoms with Crippen molar-refractivity contribution in [2.75, 3.05) is 19.4 Å². The Bertz CT molecular complexity index is 546. The summed E-state index contributed by atoms with van der Waals surface area (Å²) in [6.07, 6.45) is 0.0574. The molecule has 1 fully saturated rings. The SMILES string of the molecule is CCOC(=O)C1([C@@H](CNC(=O)OC(C)(C)C)OS(C)(=O)=O)CC1. The summed E-state index contributed by atoms with van der Waals surface area (Å²) < 4.78 is 38.0. The van der Waals surface area contributed by atoms with Crippen molar-refractivity contribution < 1.29 is 31.7 Å². The van der Waals surface area contributed by atoms with E-state index in [2.05, 4.69) is 5.32 Å². The van der Waals surface area contributed by atoms with E-state index in [0.717, 1.165) is 6.26 Å². The first-order valence-corrected chi connectivity index (χ1v) is 9.23. The first-order chi connectivity index (χ1) is 10.4. The van der Waals surface area contributed by atoms with Gasteiger partial charge in [0.2, 0.25) is 0 Å². The Kier molecular flexibility index (Phi) is 6.03. The summed E-state index contributed by atoms with van der Waals surface area (Å²) in [5, 5.41) is 2.45. The molecule has 9 heteroatoms. The second-order valence-electron chi connectivity index (χ2n) is 6.55. The van der Waals surface area contributed by atoms with E-state index >= 15 is 0 Å². The predicted octanol–water partition coefficient (Wildman–Crippen LogP) is 1.20. The lowest BCUT2D eigenvalue weighted by atomic mass is 9.99. The van der Waals surface area contributed by atoms with Gasteiger partial charge < -0.3 is 14.8 Å². The lowest BCUT2D eigenvalue weighted by Gasteiger charge is -2.26. The molecule has 0 aromatic carbocycles. The average molecular weight is 351 g/mol. The molecule has 0 heterocycles. The molecule has 0 aromatic heterocycles. The number of rotatable bonds is 7. The molecular formula is C14H25NO7S. The maximum atomic E-state index is 12.1. The highest BCUT2D eigenvalue weighted by Gasteiger charge is 2.59. The molecule has 1 amide bonds. The molecule has 1 atom stereocenters. The molecule has 1 aliphatic carbocycles. The van der Waals surface area contributed by atoms with Crippen LogP contribution in [0.25, 0.3) is 0 Å². The van der Waals surface area contributed by atoms with Gasteiger partial charge in [0.1, 0.15) is 11.7 Å². The van der Waals surface area contributed by atoms with Crippen LogP contribution in [0.4, 0.5) is 4.79 Å². The molecule has 0 aromatic rings. The van der Waals surface area contributed by atoms with Crippen LogP contribution >= 0.6 is 0 Å². The van der Waals surface area contributed by atoms with Crippen LogP contribution in [-0.2, 0) is 28.6 Å². The topological polar surface area (TPSA) is 108 Å². The molecule has 1 aliphatic rings. The molecule has 0 radical (unpaired) electrons. The zero-order chi connectivity index (χ0) is 17.9. The van der Waals surface area contributed by atoms with Gasteiger partial charge in [0.25, 0.3) is 10.1 Å². The fraction of sp³-hybridized carbons (Fsp3) is 0.857. The van der Waals surface area contributed by atoms with Crippen LogP contribution in [0.5, 0.6) is 0 Å². The monoisotopic (exact) mass is 351 g/mol. The highest BCUT2D eigenvalue weighted by molar-refractivity contribution is 7.86. The van der Waals surface area contributed by atoms with Crippen molar-refractivity contribution in [1.82, 2.24) is 5.32 Å². The van der Waals surface area contributed by atoms with Gasteiger partial charge in [0.15, 0.2) is 0 Å². The van der Waals surface area contributed by atoms with Crippen molar-refractivity contribution in [3.63, 3.8) is 0 Å². The summed E-state index contributed by atoms with van der Waals surface area (Å²) in [5.41, 5.74) is -1.72. The van der Waals surface area contributed by atoms with Crippen LogP contribution in [-0.4, -0.2) is 51.6 Å². The van der Waals surface area contributed by atoms with Gasteiger partial charge in [-0.2, -0.15) is 8.42 Å². The number of ether oxygens (including phenoxy) is 2. The average Bonchev–Trinajstić information content (AvgIpc) is 3.12. The Balaban J connectivity index is 2.79. The Labute approximate surface area is 137 Å². The minimum atomic E-state index is -3.80. The van der Waals surface area contributed by atoms with Crippen molar-refractivity contribution in [2.24, 2.45) is 5.41 Å². The smallest absolute Gasteiger partial charge is 0.407 e. The van der Waals surface area contributed by atoms with Gasteiger partial charge in [-0.1, -0.05) is 0 Å². The predicted molar refractivity (Wildman–Crippen MR) is 82.3 cm³/mol. The third kappa shape index (κ3) is 6.34. The van der Waals surface area contributed by atoms with E-state index in [1.54, 1.807) is 27.7 Å². The second-order valence-corrected chi connectivity index (χ2v) is 8.15. The maximum Gasteiger partial charge on any atom is 0.407 e. The Morgan fingerprint density at radius 2 is 1.83 bits per heavy atom. The normalized spacial score (nSPS) is 18.0. The van der Waals surface area contributed by atoms with Crippen LogP contribution in [0.1, 0.15) is 40.5 Å². The fourth-order valence-corrected chi connectivity index (χ4v) is 2.76. The number of carbonyl (C=O) groups excluding carboxylic acids is 2. The van der Waals surface area contributed by atoms with Crippen molar-refractivity contribution >= 4 is 22.2 Å². The van der Waals surface area contributed by atoms with Crippen LogP contribution in [0.2, 0.25) is 0 Å². The molecule has 0 bridgehead atoms. The Morgan fingerprint density at radius 3 is 2.22 bits per heavy atom. The summed E-state index contributed by atoms with van der Waals surface area (Å²) in [6.45, 7) is 6.81. The summed E-state index contributed by atoms with van der Waals surface area (Å²) in [6, 6.07) is 0. The zero-order valence-electron chi connectivity index (χ0n) is 14.2. The third-order valence-electron chi connectivity index (χ3n) is 3.21. The van der Waals surface area contributed by atoms with Crippen molar-refractivity contribution in [2.45, 2.75) is 52.2 Å². The van der Waals surface area contributed by atoms with Crippen molar-refractivity contribution in [1.29, 1.82) is 0 Å². The largest absolute Gasteiger partial charge is 0.465 e. The molecule has 23 heavy (non-hydrogen) atoms. The molecule has 0 aliphatic heterocycles. The van der Waals surface area contributed by atoms with Crippen LogP contribution < -0.4 is 5.32 Å². The number of amides is 1. The lowest BCUT2D eigenvalue weighted by molar-refractivity contribution is -0.153. The van der Waals surface area contributed by atoms with Crippen LogP contribution in [0.15, 0.2) is 0 Å². The molecule has 0 unspecified atom stereocenters. The molecule has 1 rings (SSSR count). The number of esters is 1.